The lowest BCUT2D eigenvalue weighted by Crippen LogP contribution is -2.40. The quantitative estimate of drug-likeness (QED) is 0.896. The molecule has 0 aromatic carbocycles. The molecule has 0 radical (unpaired) electrons. The fourth-order valence-corrected chi connectivity index (χ4v) is 2.65. The van der Waals surface area contributed by atoms with E-state index in [1.807, 2.05) is 11.8 Å². The number of nitrogens with zero attached hydrogens (tertiary/aromatic N) is 3. The number of rotatable bonds is 5. The van der Waals surface area contributed by atoms with Crippen molar-refractivity contribution in [3.8, 4) is 0 Å². The zero-order valence-corrected chi connectivity index (χ0v) is 12.2. The van der Waals surface area contributed by atoms with Gasteiger partial charge >= 0.3 is 0 Å². The molecular formula is C14H17FN4O3. The molecule has 2 atom stereocenters. The van der Waals surface area contributed by atoms with Crippen LogP contribution in [0.3, 0.4) is 0 Å². The van der Waals surface area contributed by atoms with Gasteiger partial charge in [-0.15, -0.1) is 0 Å². The van der Waals surface area contributed by atoms with Crippen LogP contribution in [0.15, 0.2) is 27.6 Å². The van der Waals surface area contributed by atoms with Crippen molar-refractivity contribution in [2.24, 2.45) is 0 Å². The highest BCUT2D eigenvalue weighted by molar-refractivity contribution is 5.91. The van der Waals surface area contributed by atoms with E-state index in [0.717, 1.165) is 11.3 Å². The van der Waals surface area contributed by atoms with Crippen molar-refractivity contribution >= 4 is 5.91 Å². The lowest BCUT2D eigenvalue weighted by Gasteiger charge is -2.23. The normalized spacial score (nSPS) is 22.1. The van der Waals surface area contributed by atoms with Crippen LogP contribution in [0.4, 0.5) is 4.39 Å². The average molecular weight is 308 g/mol. The van der Waals surface area contributed by atoms with Gasteiger partial charge in [-0.05, 0) is 13.3 Å². The van der Waals surface area contributed by atoms with Crippen LogP contribution in [-0.4, -0.2) is 46.4 Å². The molecule has 2 aromatic rings. The van der Waals surface area contributed by atoms with Gasteiger partial charge in [0.15, 0.2) is 5.69 Å². The molecule has 8 heteroatoms. The van der Waals surface area contributed by atoms with Crippen LogP contribution in [0.2, 0.25) is 0 Å². The van der Waals surface area contributed by atoms with Crippen molar-refractivity contribution in [2.45, 2.75) is 32.1 Å². The van der Waals surface area contributed by atoms with Gasteiger partial charge in [-0.25, -0.2) is 4.39 Å². The van der Waals surface area contributed by atoms with Crippen LogP contribution in [-0.2, 0) is 6.54 Å². The second-order valence-electron chi connectivity index (χ2n) is 5.42. The summed E-state index contributed by atoms with van der Waals surface area (Å²) in [6.45, 7) is 3.08. The Hall–Kier alpha value is -2.22. The van der Waals surface area contributed by atoms with Gasteiger partial charge in [-0.2, -0.15) is 0 Å². The van der Waals surface area contributed by atoms with Crippen LogP contribution >= 0.6 is 0 Å². The lowest BCUT2D eigenvalue weighted by molar-refractivity contribution is 0.0930. The van der Waals surface area contributed by atoms with Crippen molar-refractivity contribution in [2.75, 3.05) is 13.1 Å². The number of halogens is 1. The summed E-state index contributed by atoms with van der Waals surface area (Å²) in [5.74, 6) is 0.407. The first-order valence-corrected chi connectivity index (χ1v) is 7.10. The van der Waals surface area contributed by atoms with Crippen LogP contribution < -0.4 is 5.32 Å². The molecule has 0 aliphatic carbocycles. The maximum atomic E-state index is 13.7. The number of nitrogens with one attached hydrogen (secondary N) is 1. The molecule has 7 nitrogen and oxygen atoms in total. The first-order valence-electron chi connectivity index (χ1n) is 7.10. The molecule has 0 unspecified atom stereocenters. The molecule has 0 saturated carbocycles. The van der Waals surface area contributed by atoms with Gasteiger partial charge in [-0.3, -0.25) is 9.69 Å². The minimum Gasteiger partial charge on any atom is -0.364 e. The SMILES string of the molecule is Cc1oncc1CN1C[C@@H](F)C[C@H]1CNC(=O)c1ccon1. The molecule has 3 rings (SSSR count). The number of aryl methyl sites for hydroxylation is 1. The van der Waals surface area contributed by atoms with E-state index in [9.17, 15) is 9.18 Å². The molecule has 1 fully saturated rings. The van der Waals surface area contributed by atoms with Gasteiger partial charge in [-0.1, -0.05) is 10.3 Å². The van der Waals surface area contributed by atoms with Gasteiger partial charge in [0.2, 0.25) is 0 Å². The number of amides is 1. The number of aromatic nitrogens is 2. The summed E-state index contributed by atoms with van der Waals surface area (Å²) in [7, 11) is 0. The summed E-state index contributed by atoms with van der Waals surface area (Å²) in [5, 5.41) is 10.1. The summed E-state index contributed by atoms with van der Waals surface area (Å²) in [6.07, 6.45) is 2.48. The van der Waals surface area contributed by atoms with Crippen molar-refractivity contribution in [3.63, 3.8) is 0 Å². The monoisotopic (exact) mass is 308 g/mol. The molecule has 118 valence electrons. The summed E-state index contributed by atoms with van der Waals surface area (Å²) < 4.78 is 23.4. The Balaban J connectivity index is 1.59. The smallest absolute Gasteiger partial charge is 0.273 e. The van der Waals surface area contributed by atoms with Crippen molar-refractivity contribution in [1.29, 1.82) is 0 Å². The third-order valence-electron chi connectivity index (χ3n) is 3.87. The number of likely N-dealkylation sites (tertiary alicyclic amines) is 1. The zero-order chi connectivity index (χ0) is 15.5. The van der Waals surface area contributed by atoms with E-state index < -0.39 is 6.17 Å². The third kappa shape index (κ3) is 3.16. The maximum absolute atomic E-state index is 13.7. The maximum Gasteiger partial charge on any atom is 0.273 e. The van der Waals surface area contributed by atoms with E-state index in [0.29, 0.717) is 26.1 Å². The van der Waals surface area contributed by atoms with Crippen LogP contribution in [0.5, 0.6) is 0 Å². The van der Waals surface area contributed by atoms with Gasteiger partial charge in [0, 0.05) is 37.3 Å². The second-order valence-corrected chi connectivity index (χ2v) is 5.42. The number of alkyl halides is 1. The first-order chi connectivity index (χ1) is 10.6. The summed E-state index contributed by atoms with van der Waals surface area (Å²) in [6, 6.07) is 1.42. The number of hydrogen-bond donors (Lipinski definition) is 1. The lowest BCUT2D eigenvalue weighted by atomic mass is 10.2. The average Bonchev–Trinajstić information content (AvgIpc) is 3.20. The summed E-state index contributed by atoms with van der Waals surface area (Å²) in [5.41, 5.74) is 1.15. The molecule has 0 spiro atoms. The van der Waals surface area contributed by atoms with E-state index in [2.05, 4.69) is 20.2 Å². The van der Waals surface area contributed by atoms with Crippen LogP contribution in [0, 0.1) is 6.92 Å². The number of hydrogen-bond acceptors (Lipinski definition) is 6. The fraction of sp³-hybridized carbons (Fsp3) is 0.500. The first kappa shape index (κ1) is 14.7. The molecule has 1 N–H and O–H groups in total. The van der Waals surface area contributed by atoms with Crippen molar-refractivity contribution < 1.29 is 18.2 Å². The predicted octanol–water partition coefficient (Wildman–Crippen LogP) is 1.31. The van der Waals surface area contributed by atoms with Gasteiger partial charge in [0.05, 0.1) is 6.20 Å². The van der Waals surface area contributed by atoms with E-state index in [1.54, 1.807) is 6.20 Å². The largest absolute Gasteiger partial charge is 0.364 e. The summed E-state index contributed by atoms with van der Waals surface area (Å²) in [4.78, 5) is 13.8. The van der Waals surface area contributed by atoms with Crippen molar-refractivity contribution in [1.82, 2.24) is 20.5 Å². The van der Waals surface area contributed by atoms with Crippen LogP contribution in [0.25, 0.3) is 0 Å². The highest BCUT2D eigenvalue weighted by atomic mass is 19.1. The minimum atomic E-state index is -0.894. The molecule has 1 aliphatic heterocycles. The predicted molar refractivity (Wildman–Crippen MR) is 73.8 cm³/mol. The Morgan fingerprint density at radius 2 is 2.45 bits per heavy atom. The van der Waals surface area contributed by atoms with Gasteiger partial charge < -0.3 is 14.4 Å². The minimum absolute atomic E-state index is 0.0693. The van der Waals surface area contributed by atoms with E-state index in [4.69, 9.17) is 4.52 Å². The third-order valence-corrected chi connectivity index (χ3v) is 3.87. The second kappa shape index (κ2) is 6.27. The molecule has 0 bridgehead atoms. The number of carbonyl (C=O) groups is 1. The van der Waals surface area contributed by atoms with Gasteiger partial charge in [0.25, 0.3) is 5.91 Å². The molecule has 2 aromatic heterocycles. The Morgan fingerprint density at radius 3 is 3.14 bits per heavy atom. The highest BCUT2D eigenvalue weighted by Gasteiger charge is 2.32. The Morgan fingerprint density at radius 1 is 1.59 bits per heavy atom. The standard InChI is InChI=1S/C14H17FN4O3/c1-9-10(5-17-22-9)7-19-8-11(15)4-12(19)6-16-14(20)13-2-3-21-18-13/h2-3,5,11-12H,4,6-8H2,1H3,(H,16,20)/t11-,12-/m0/s1. The van der Waals surface area contributed by atoms with Crippen LogP contribution in [0.1, 0.15) is 28.2 Å². The molecule has 1 saturated heterocycles. The van der Waals surface area contributed by atoms with Crippen molar-refractivity contribution in [3.05, 3.63) is 35.5 Å². The Kier molecular flexibility index (Phi) is 4.19. The fourth-order valence-electron chi connectivity index (χ4n) is 2.65. The Labute approximate surface area is 126 Å². The Bertz CT molecular complexity index is 628. The molecule has 22 heavy (non-hydrogen) atoms. The van der Waals surface area contributed by atoms with Gasteiger partial charge in [0.1, 0.15) is 18.2 Å². The molecular weight excluding hydrogens is 291 g/mol. The molecule has 1 amide bonds. The van der Waals surface area contributed by atoms with E-state index in [1.165, 1.54) is 12.3 Å². The zero-order valence-electron chi connectivity index (χ0n) is 12.2. The number of carbonyl (C=O) groups excluding carboxylic acids is 1. The topological polar surface area (TPSA) is 84.4 Å². The molecule has 1 aliphatic rings. The van der Waals surface area contributed by atoms with E-state index in [-0.39, 0.29) is 17.6 Å². The van der Waals surface area contributed by atoms with E-state index >= 15 is 0 Å². The summed E-state index contributed by atoms with van der Waals surface area (Å²) >= 11 is 0. The highest BCUT2D eigenvalue weighted by Crippen LogP contribution is 2.23. The molecule has 3 heterocycles.